The molecule has 1 aliphatic carbocycles. The van der Waals surface area contributed by atoms with Crippen molar-refractivity contribution < 1.29 is 0 Å². The van der Waals surface area contributed by atoms with Gasteiger partial charge >= 0.3 is 5.69 Å². The Hall–Kier alpha value is -2.63. The van der Waals surface area contributed by atoms with Gasteiger partial charge in [0.05, 0.1) is 0 Å². The van der Waals surface area contributed by atoms with Gasteiger partial charge in [-0.3, -0.25) is 13.9 Å². The zero-order chi connectivity index (χ0) is 20.4. The molecule has 2 heterocycles. The second kappa shape index (κ2) is 8.39. The summed E-state index contributed by atoms with van der Waals surface area (Å²) in [5.74, 6) is 1.44. The minimum atomic E-state index is -0.254. The highest BCUT2D eigenvalue weighted by Crippen LogP contribution is 2.40. The molecule has 1 N–H and O–H groups in total. The molecule has 6 nitrogen and oxygen atoms in total. The van der Waals surface area contributed by atoms with Crippen LogP contribution in [-0.4, -0.2) is 19.1 Å². The van der Waals surface area contributed by atoms with Crippen LogP contribution in [0.4, 0.5) is 0 Å². The quantitative estimate of drug-likeness (QED) is 0.658. The normalized spacial score (nSPS) is 15.9. The van der Waals surface area contributed by atoms with Gasteiger partial charge in [0, 0.05) is 19.0 Å². The standard InChI is InChI=1S/C23H30N4O2/c1-3-14-26-21-19(22(28)27(15-4-2)23(26)29)24-20(25-21)18(17-12-8-9-13-17)16-10-6-5-7-11-16/h5-7,10-11,17-18H,3-4,8-9,12-15H2,1-2H3,(H,24,25). The summed E-state index contributed by atoms with van der Waals surface area (Å²) in [5.41, 5.74) is 1.68. The van der Waals surface area contributed by atoms with Crippen LogP contribution in [0.5, 0.6) is 0 Å². The number of hydrogen-bond acceptors (Lipinski definition) is 3. The average molecular weight is 395 g/mol. The lowest BCUT2D eigenvalue weighted by atomic mass is 9.84. The number of nitrogens with zero attached hydrogens (tertiary/aromatic N) is 3. The zero-order valence-electron chi connectivity index (χ0n) is 17.4. The number of benzene rings is 1. The van der Waals surface area contributed by atoms with Gasteiger partial charge in [-0.15, -0.1) is 0 Å². The molecule has 1 unspecified atom stereocenters. The lowest BCUT2D eigenvalue weighted by molar-refractivity contribution is 0.469. The number of aryl methyl sites for hydroxylation is 1. The fourth-order valence-electron chi connectivity index (χ4n) is 4.78. The van der Waals surface area contributed by atoms with E-state index in [1.165, 1.54) is 35.8 Å². The molecule has 1 fully saturated rings. The van der Waals surface area contributed by atoms with Gasteiger partial charge in [0.2, 0.25) is 0 Å². The minimum absolute atomic E-state index is 0.121. The van der Waals surface area contributed by atoms with Crippen LogP contribution in [0, 0.1) is 5.92 Å². The monoisotopic (exact) mass is 394 g/mol. The molecule has 1 aliphatic rings. The van der Waals surface area contributed by atoms with Gasteiger partial charge < -0.3 is 4.98 Å². The number of rotatable bonds is 7. The molecule has 154 valence electrons. The molecule has 0 saturated heterocycles. The highest BCUT2D eigenvalue weighted by Gasteiger charge is 2.31. The molecular weight excluding hydrogens is 364 g/mol. The third-order valence-corrected chi connectivity index (χ3v) is 6.10. The van der Waals surface area contributed by atoms with Crippen LogP contribution in [0.25, 0.3) is 11.2 Å². The lowest BCUT2D eigenvalue weighted by Gasteiger charge is -2.21. The molecule has 4 rings (SSSR count). The van der Waals surface area contributed by atoms with Crippen LogP contribution in [0.2, 0.25) is 0 Å². The Kier molecular flexibility index (Phi) is 5.69. The van der Waals surface area contributed by atoms with Gasteiger partial charge in [-0.05, 0) is 37.2 Å². The van der Waals surface area contributed by atoms with Crippen molar-refractivity contribution in [1.29, 1.82) is 0 Å². The largest absolute Gasteiger partial charge is 0.336 e. The van der Waals surface area contributed by atoms with E-state index in [-0.39, 0.29) is 17.2 Å². The fraction of sp³-hybridized carbons (Fsp3) is 0.522. The predicted octanol–water partition coefficient (Wildman–Crippen LogP) is 4.03. The Morgan fingerprint density at radius 3 is 2.34 bits per heavy atom. The van der Waals surface area contributed by atoms with Crippen LogP contribution in [0.1, 0.15) is 69.7 Å². The smallest absolute Gasteiger partial charge is 0.332 e. The Labute approximate surface area is 170 Å². The van der Waals surface area contributed by atoms with Gasteiger partial charge in [0.25, 0.3) is 5.56 Å². The van der Waals surface area contributed by atoms with Crippen molar-refractivity contribution in [2.45, 2.75) is 71.4 Å². The van der Waals surface area contributed by atoms with E-state index >= 15 is 0 Å². The summed E-state index contributed by atoms with van der Waals surface area (Å²) in [5, 5.41) is 0. The second-order valence-electron chi connectivity index (χ2n) is 8.14. The maximum atomic E-state index is 13.1. The number of aromatic nitrogens is 4. The number of H-pyrrole nitrogens is 1. The summed E-state index contributed by atoms with van der Waals surface area (Å²) < 4.78 is 3.02. The molecule has 1 atom stereocenters. The van der Waals surface area contributed by atoms with Crippen molar-refractivity contribution in [1.82, 2.24) is 19.1 Å². The Morgan fingerprint density at radius 2 is 1.69 bits per heavy atom. The number of hydrogen-bond donors (Lipinski definition) is 1. The molecule has 1 saturated carbocycles. The summed E-state index contributed by atoms with van der Waals surface area (Å²) in [7, 11) is 0. The molecule has 29 heavy (non-hydrogen) atoms. The Morgan fingerprint density at radius 1 is 1.03 bits per heavy atom. The predicted molar refractivity (Wildman–Crippen MR) is 115 cm³/mol. The summed E-state index contributed by atoms with van der Waals surface area (Å²) in [6, 6.07) is 10.4. The van der Waals surface area contributed by atoms with E-state index in [0.29, 0.717) is 30.2 Å². The molecule has 0 amide bonds. The van der Waals surface area contributed by atoms with E-state index in [2.05, 4.69) is 29.2 Å². The molecule has 0 aliphatic heterocycles. The van der Waals surface area contributed by atoms with Gasteiger partial charge in [-0.25, -0.2) is 9.78 Å². The molecule has 1 aromatic carbocycles. The van der Waals surface area contributed by atoms with Crippen molar-refractivity contribution in [3.8, 4) is 0 Å². The van der Waals surface area contributed by atoms with Crippen LogP contribution in [-0.2, 0) is 13.1 Å². The zero-order valence-corrected chi connectivity index (χ0v) is 17.4. The van der Waals surface area contributed by atoms with E-state index in [1.54, 1.807) is 4.57 Å². The molecule has 6 heteroatoms. The average Bonchev–Trinajstić information content (AvgIpc) is 3.41. The number of imidazole rings is 1. The summed E-state index contributed by atoms with van der Waals surface area (Å²) in [4.78, 5) is 34.3. The summed E-state index contributed by atoms with van der Waals surface area (Å²) in [6.45, 7) is 5.00. The van der Waals surface area contributed by atoms with Crippen molar-refractivity contribution in [3.63, 3.8) is 0 Å². The van der Waals surface area contributed by atoms with E-state index in [9.17, 15) is 9.59 Å². The maximum absolute atomic E-state index is 13.1. The number of aromatic amines is 1. The molecular formula is C23H30N4O2. The first-order valence-corrected chi connectivity index (χ1v) is 10.9. The van der Waals surface area contributed by atoms with Gasteiger partial charge in [0.1, 0.15) is 11.3 Å². The molecule has 2 aromatic heterocycles. The van der Waals surface area contributed by atoms with Crippen LogP contribution >= 0.6 is 0 Å². The molecule has 0 bridgehead atoms. The van der Waals surface area contributed by atoms with Gasteiger partial charge in [0.15, 0.2) is 5.65 Å². The highest BCUT2D eigenvalue weighted by molar-refractivity contribution is 5.70. The third kappa shape index (κ3) is 3.56. The first-order chi connectivity index (χ1) is 14.2. The van der Waals surface area contributed by atoms with Gasteiger partial charge in [-0.1, -0.05) is 57.0 Å². The van der Waals surface area contributed by atoms with Crippen LogP contribution < -0.4 is 11.2 Å². The lowest BCUT2D eigenvalue weighted by Crippen LogP contribution is -2.40. The van der Waals surface area contributed by atoms with Crippen molar-refractivity contribution in [2.24, 2.45) is 5.92 Å². The van der Waals surface area contributed by atoms with Crippen LogP contribution in [0.15, 0.2) is 39.9 Å². The summed E-state index contributed by atoms with van der Waals surface area (Å²) >= 11 is 0. The van der Waals surface area contributed by atoms with Crippen molar-refractivity contribution in [2.75, 3.05) is 0 Å². The molecule has 3 aromatic rings. The van der Waals surface area contributed by atoms with E-state index in [1.807, 2.05) is 19.9 Å². The van der Waals surface area contributed by atoms with E-state index < -0.39 is 0 Å². The highest BCUT2D eigenvalue weighted by atomic mass is 16.2. The first-order valence-electron chi connectivity index (χ1n) is 10.9. The van der Waals surface area contributed by atoms with Crippen molar-refractivity contribution >= 4 is 11.2 Å². The topological polar surface area (TPSA) is 72.7 Å². The SMILES string of the molecule is CCCn1c(=O)c2[nH]c(C(c3ccccc3)C3CCCC3)nc2n(CCC)c1=O. The second-order valence-corrected chi connectivity index (χ2v) is 8.14. The number of fused-ring (bicyclic) bond motifs is 1. The Balaban J connectivity index is 1.93. The fourth-order valence-corrected chi connectivity index (χ4v) is 4.78. The van der Waals surface area contributed by atoms with Gasteiger partial charge in [-0.2, -0.15) is 0 Å². The van der Waals surface area contributed by atoms with Crippen molar-refractivity contribution in [3.05, 3.63) is 62.6 Å². The molecule has 0 radical (unpaired) electrons. The number of nitrogens with one attached hydrogen (secondary N) is 1. The summed E-state index contributed by atoms with van der Waals surface area (Å²) in [6.07, 6.45) is 6.35. The molecule has 0 spiro atoms. The Bertz CT molecular complexity index is 1090. The minimum Gasteiger partial charge on any atom is -0.336 e. The van der Waals surface area contributed by atoms with E-state index in [4.69, 9.17) is 4.98 Å². The van der Waals surface area contributed by atoms with E-state index in [0.717, 1.165) is 18.7 Å². The first kappa shape index (κ1) is 19.7. The van der Waals surface area contributed by atoms with Crippen LogP contribution in [0.3, 0.4) is 0 Å². The third-order valence-electron chi connectivity index (χ3n) is 6.10. The maximum Gasteiger partial charge on any atom is 0.332 e.